The van der Waals surface area contributed by atoms with Gasteiger partial charge < -0.3 is 14.6 Å². The molecule has 0 spiro atoms. The topological polar surface area (TPSA) is 45.5 Å². The lowest BCUT2D eigenvalue weighted by molar-refractivity contribution is 0.0631. The summed E-state index contributed by atoms with van der Waals surface area (Å²) in [6, 6.07) is 13.6. The van der Waals surface area contributed by atoms with Crippen molar-refractivity contribution in [2.75, 3.05) is 6.54 Å². The molecule has 1 aliphatic rings. The number of carbonyl (C=O) groups excluding carboxylic acids is 1. The van der Waals surface area contributed by atoms with Gasteiger partial charge in [-0.3, -0.25) is 4.79 Å². The van der Waals surface area contributed by atoms with Crippen LogP contribution in [0.4, 0.5) is 0 Å². The smallest absolute Gasteiger partial charge is 0.270 e. The number of benzene rings is 1. The molecule has 0 unspecified atom stereocenters. The zero-order chi connectivity index (χ0) is 14.8. The molecular weight excluding hydrogens is 264 g/mol. The van der Waals surface area contributed by atoms with Crippen LogP contribution >= 0.6 is 0 Å². The number of rotatable bonds is 3. The van der Waals surface area contributed by atoms with Gasteiger partial charge in [0.15, 0.2) is 0 Å². The van der Waals surface area contributed by atoms with E-state index in [1.807, 2.05) is 65.2 Å². The lowest BCUT2D eigenvalue weighted by Gasteiger charge is -2.26. The highest BCUT2D eigenvalue weighted by Crippen LogP contribution is 2.24. The van der Waals surface area contributed by atoms with Gasteiger partial charge in [-0.1, -0.05) is 30.3 Å². The maximum Gasteiger partial charge on any atom is 0.270 e. The van der Waals surface area contributed by atoms with Gasteiger partial charge in [-0.05, 0) is 30.5 Å². The van der Waals surface area contributed by atoms with E-state index in [4.69, 9.17) is 0 Å². The Morgan fingerprint density at radius 1 is 1.24 bits per heavy atom. The van der Waals surface area contributed by atoms with E-state index in [9.17, 15) is 9.90 Å². The summed E-state index contributed by atoms with van der Waals surface area (Å²) in [6.45, 7) is 0.614. The predicted molar refractivity (Wildman–Crippen MR) is 81.0 cm³/mol. The van der Waals surface area contributed by atoms with Gasteiger partial charge in [0.2, 0.25) is 0 Å². The number of aliphatic hydroxyl groups excluding tert-OH is 1. The summed E-state index contributed by atoms with van der Waals surface area (Å²) in [5.74, 6) is -0.0000175. The minimum absolute atomic E-state index is 0.0000175. The highest BCUT2D eigenvalue weighted by molar-refractivity contribution is 5.93. The Kier molecular flexibility index (Phi) is 3.80. The van der Waals surface area contributed by atoms with Crippen molar-refractivity contribution in [3.05, 3.63) is 59.9 Å². The molecule has 1 aliphatic heterocycles. The Morgan fingerprint density at radius 2 is 2.00 bits per heavy atom. The number of hydrogen-bond acceptors (Lipinski definition) is 2. The number of amides is 1. The molecule has 0 bridgehead atoms. The summed E-state index contributed by atoms with van der Waals surface area (Å²) in [5, 5.41) is 10.2. The second kappa shape index (κ2) is 5.74. The Labute approximate surface area is 124 Å². The van der Waals surface area contributed by atoms with Gasteiger partial charge in [0.25, 0.3) is 5.91 Å². The van der Waals surface area contributed by atoms with Crippen LogP contribution in [0.5, 0.6) is 0 Å². The second-order valence-electron chi connectivity index (χ2n) is 5.62. The minimum atomic E-state index is -0.450. The molecule has 1 N–H and O–H groups in total. The van der Waals surface area contributed by atoms with Crippen LogP contribution in [0.25, 0.3) is 0 Å². The van der Waals surface area contributed by atoms with Crippen molar-refractivity contribution >= 4 is 5.91 Å². The zero-order valence-corrected chi connectivity index (χ0v) is 12.1. The fraction of sp³-hybridized carbons (Fsp3) is 0.353. The molecule has 3 rings (SSSR count). The molecule has 0 saturated carbocycles. The predicted octanol–water partition coefficient (Wildman–Crippen LogP) is 1.84. The van der Waals surface area contributed by atoms with Crippen LogP contribution in [0.1, 0.15) is 22.5 Å². The molecule has 1 aromatic carbocycles. The van der Waals surface area contributed by atoms with Crippen molar-refractivity contribution in [2.24, 2.45) is 7.05 Å². The SMILES string of the molecule is Cn1cccc1C(=O)N1CC[C@H](O)[C@@H]1Cc1ccccc1. The third-order valence-electron chi connectivity index (χ3n) is 4.22. The molecule has 4 nitrogen and oxygen atoms in total. The van der Waals surface area contributed by atoms with E-state index in [-0.39, 0.29) is 11.9 Å². The maximum atomic E-state index is 12.7. The third-order valence-corrected chi connectivity index (χ3v) is 4.22. The molecule has 1 fully saturated rings. The van der Waals surface area contributed by atoms with E-state index >= 15 is 0 Å². The molecule has 2 heterocycles. The van der Waals surface area contributed by atoms with Crippen molar-refractivity contribution in [2.45, 2.75) is 25.0 Å². The van der Waals surface area contributed by atoms with E-state index in [2.05, 4.69) is 0 Å². The summed E-state index contributed by atoms with van der Waals surface area (Å²) in [5.41, 5.74) is 1.82. The standard InChI is InChI=1S/C17H20N2O2/c1-18-10-5-8-14(18)17(21)19-11-9-16(20)15(19)12-13-6-3-2-4-7-13/h2-8,10,15-16,20H,9,11-12H2,1H3/t15-,16-/m0/s1. The summed E-state index contributed by atoms with van der Waals surface area (Å²) in [6.07, 6.45) is 2.76. The number of aliphatic hydroxyl groups is 1. The van der Waals surface area contributed by atoms with Crippen molar-refractivity contribution in [1.82, 2.24) is 9.47 Å². The van der Waals surface area contributed by atoms with Crippen LogP contribution in [0.3, 0.4) is 0 Å². The molecule has 110 valence electrons. The molecule has 21 heavy (non-hydrogen) atoms. The van der Waals surface area contributed by atoms with E-state index in [1.165, 1.54) is 0 Å². The first kappa shape index (κ1) is 13.9. The highest BCUT2D eigenvalue weighted by Gasteiger charge is 2.36. The average Bonchev–Trinajstić information content (AvgIpc) is 3.07. The third kappa shape index (κ3) is 2.72. The largest absolute Gasteiger partial charge is 0.391 e. The first-order valence-corrected chi connectivity index (χ1v) is 7.31. The zero-order valence-electron chi connectivity index (χ0n) is 12.1. The van der Waals surface area contributed by atoms with Crippen molar-refractivity contribution in [3.8, 4) is 0 Å². The molecule has 2 aromatic rings. The molecule has 0 radical (unpaired) electrons. The number of aromatic nitrogens is 1. The normalized spacial score (nSPS) is 21.7. The number of likely N-dealkylation sites (tertiary alicyclic amines) is 1. The second-order valence-corrected chi connectivity index (χ2v) is 5.62. The van der Waals surface area contributed by atoms with Crippen LogP contribution in [0.2, 0.25) is 0 Å². The van der Waals surface area contributed by atoms with Gasteiger partial charge in [-0.15, -0.1) is 0 Å². The fourth-order valence-electron chi connectivity index (χ4n) is 3.02. The van der Waals surface area contributed by atoms with Crippen LogP contribution in [-0.4, -0.2) is 39.2 Å². The Bertz CT molecular complexity index is 621. The highest BCUT2D eigenvalue weighted by atomic mass is 16.3. The monoisotopic (exact) mass is 284 g/mol. The number of nitrogens with zero attached hydrogens (tertiary/aromatic N) is 2. The Hall–Kier alpha value is -2.07. The van der Waals surface area contributed by atoms with Crippen LogP contribution in [0.15, 0.2) is 48.7 Å². The van der Waals surface area contributed by atoms with E-state index in [1.54, 1.807) is 0 Å². The molecular formula is C17H20N2O2. The first-order valence-electron chi connectivity index (χ1n) is 7.31. The number of hydrogen-bond donors (Lipinski definition) is 1. The van der Waals surface area contributed by atoms with Gasteiger partial charge in [0.05, 0.1) is 12.1 Å². The molecule has 1 saturated heterocycles. The van der Waals surface area contributed by atoms with Crippen LogP contribution < -0.4 is 0 Å². The quantitative estimate of drug-likeness (QED) is 0.935. The van der Waals surface area contributed by atoms with Crippen molar-refractivity contribution < 1.29 is 9.90 Å². The molecule has 2 atom stereocenters. The number of aryl methyl sites for hydroxylation is 1. The first-order chi connectivity index (χ1) is 10.2. The van der Waals surface area contributed by atoms with E-state index in [0.29, 0.717) is 25.1 Å². The Morgan fingerprint density at radius 3 is 2.67 bits per heavy atom. The summed E-state index contributed by atoms with van der Waals surface area (Å²) < 4.78 is 1.83. The van der Waals surface area contributed by atoms with Crippen molar-refractivity contribution in [1.29, 1.82) is 0 Å². The summed E-state index contributed by atoms with van der Waals surface area (Å²) in [7, 11) is 1.87. The van der Waals surface area contributed by atoms with Gasteiger partial charge in [-0.25, -0.2) is 0 Å². The van der Waals surface area contributed by atoms with Gasteiger partial charge in [-0.2, -0.15) is 0 Å². The van der Waals surface area contributed by atoms with Crippen LogP contribution in [0, 0.1) is 0 Å². The van der Waals surface area contributed by atoms with Crippen LogP contribution in [-0.2, 0) is 13.5 Å². The van der Waals surface area contributed by atoms with Gasteiger partial charge in [0.1, 0.15) is 5.69 Å². The molecule has 0 aliphatic carbocycles. The summed E-state index contributed by atoms with van der Waals surface area (Å²) >= 11 is 0. The lowest BCUT2D eigenvalue weighted by atomic mass is 10.0. The minimum Gasteiger partial charge on any atom is -0.391 e. The van der Waals surface area contributed by atoms with Gasteiger partial charge in [0, 0.05) is 19.8 Å². The average molecular weight is 284 g/mol. The molecule has 4 heteroatoms. The Balaban J connectivity index is 1.81. The maximum absolute atomic E-state index is 12.7. The lowest BCUT2D eigenvalue weighted by Crippen LogP contribution is -2.41. The van der Waals surface area contributed by atoms with Gasteiger partial charge >= 0.3 is 0 Å². The van der Waals surface area contributed by atoms with Crippen molar-refractivity contribution in [3.63, 3.8) is 0 Å². The summed E-state index contributed by atoms with van der Waals surface area (Å²) in [4.78, 5) is 14.5. The molecule has 1 amide bonds. The fourth-order valence-corrected chi connectivity index (χ4v) is 3.02. The molecule has 1 aromatic heterocycles. The van der Waals surface area contributed by atoms with E-state index < -0.39 is 6.10 Å². The van der Waals surface area contributed by atoms with E-state index in [0.717, 1.165) is 5.56 Å². The number of carbonyl (C=O) groups is 1.